The molecular formula is C22H26N8O. The van der Waals surface area contributed by atoms with Crippen molar-refractivity contribution >= 4 is 11.9 Å². The number of nitrogens with zero attached hydrogens (tertiary/aromatic N) is 7. The number of hydrogen-bond acceptors (Lipinski definition) is 6. The van der Waals surface area contributed by atoms with Gasteiger partial charge >= 0.3 is 0 Å². The molecule has 0 aromatic carbocycles. The Labute approximate surface area is 180 Å². The number of rotatable bonds is 5. The molecule has 0 radical (unpaired) electrons. The lowest BCUT2D eigenvalue weighted by atomic mass is 9.98. The van der Waals surface area contributed by atoms with Crippen molar-refractivity contribution in [3.8, 4) is 0 Å². The van der Waals surface area contributed by atoms with Crippen molar-refractivity contribution in [1.82, 2.24) is 34.4 Å². The van der Waals surface area contributed by atoms with Gasteiger partial charge < -0.3 is 19.4 Å². The number of nitrogens with one attached hydrogen (secondary N) is 1. The highest BCUT2D eigenvalue weighted by Crippen LogP contribution is 2.53. The average Bonchev–Trinajstić information content (AvgIpc) is 3.04. The van der Waals surface area contributed by atoms with Gasteiger partial charge in [-0.25, -0.2) is 19.9 Å². The predicted octanol–water partition coefficient (Wildman–Crippen LogP) is 1.78. The van der Waals surface area contributed by atoms with Gasteiger partial charge in [-0.2, -0.15) is 0 Å². The summed E-state index contributed by atoms with van der Waals surface area (Å²) in [6.07, 6.45) is 11.7. The van der Waals surface area contributed by atoms with E-state index < -0.39 is 0 Å². The van der Waals surface area contributed by atoms with E-state index in [2.05, 4.69) is 25.2 Å². The zero-order valence-corrected chi connectivity index (χ0v) is 17.9. The summed E-state index contributed by atoms with van der Waals surface area (Å²) in [5.41, 5.74) is 5.16. The number of hydrogen-bond donors (Lipinski definition) is 1. The lowest BCUT2D eigenvalue weighted by molar-refractivity contribution is 0.0931. The molecular weight excluding hydrogens is 392 g/mol. The van der Waals surface area contributed by atoms with Gasteiger partial charge in [0.1, 0.15) is 5.69 Å². The minimum Gasteiger partial charge on any atom is -0.342 e. The summed E-state index contributed by atoms with van der Waals surface area (Å²) >= 11 is 0. The third-order valence-corrected chi connectivity index (χ3v) is 6.98. The van der Waals surface area contributed by atoms with Crippen LogP contribution in [0.4, 0.5) is 5.95 Å². The molecule has 1 N–H and O–H groups in total. The summed E-state index contributed by atoms with van der Waals surface area (Å²) in [6, 6.07) is -0.0479. The summed E-state index contributed by atoms with van der Waals surface area (Å²) in [7, 11) is 1.99. The van der Waals surface area contributed by atoms with Crippen LogP contribution in [0.25, 0.3) is 0 Å². The molecule has 0 unspecified atom stereocenters. The first-order valence-electron chi connectivity index (χ1n) is 10.9. The standard InChI is InChI=1S/C22H26N8O/c1-14-15(7-23-21(26-14)30-10-22(11-30)5-6-22)8-29-9-17(24-13-29)20(31)27-16-3-4-18-19(16)25-12-28(18)2/h7,9,12-13,16H,3-6,8,10-11H2,1-2H3,(H,27,31)/t16-/m1/s1. The first-order chi connectivity index (χ1) is 15.0. The zero-order chi connectivity index (χ0) is 21.2. The maximum Gasteiger partial charge on any atom is 0.272 e. The molecule has 0 bridgehead atoms. The third kappa shape index (κ3) is 3.19. The monoisotopic (exact) mass is 418 g/mol. The molecule has 1 amide bonds. The van der Waals surface area contributed by atoms with Gasteiger partial charge in [0.2, 0.25) is 5.95 Å². The van der Waals surface area contributed by atoms with E-state index in [9.17, 15) is 4.79 Å². The van der Waals surface area contributed by atoms with Crippen molar-refractivity contribution in [2.75, 3.05) is 18.0 Å². The zero-order valence-electron chi connectivity index (χ0n) is 17.9. The number of carbonyl (C=O) groups excluding carboxylic acids is 1. The Morgan fingerprint density at radius 2 is 2.06 bits per heavy atom. The molecule has 1 spiro atoms. The Hall–Kier alpha value is -3.23. The van der Waals surface area contributed by atoms with Crippen LogP contribution in [0.5, 0.6) is 0 Å². The Morgan fingerprint density at radius 1 is 1.23 bits per heavy atom. The van der Waals surface area contributed by atoms with Crippen LogP contribution in [-0.4, -0.2) is 48.1 Å². The summed E-state index contributed by atoms with van der Waals surface area (Å²) in [5, 5.41) is 3.08. The lowest BCUT2D eigenvalue weighted by Crippen LogP contribution is -2.49. The maximum absolute atomic E-state index is 12.7. The summed E-state index contributed by atoms with van der Waals surface area (Å²) < 4.78 is 3.93. The van der Waals surface area contributed by atoms with Crippen LogP contribution in [0.15, 0.2) is 25.0 Å². The number of anilines is 1. The van der Waals surface area contributed by atoms with E-state index in [1.807, 2.05) is 29.3 Å². The van der Waals surface area contributed by atoms with Crippen LogP contribution in [0.3, 0.4) is 0 Å². The fourth-order valence-electron chi connectivity index (χ4n) is 4.81. The molecule has 4 heterocycles. The van der Waals surface area contributed by atoms with Crippen molar-refractivity contribution in [1.29, 1.82) is 0 Å². The molecule has 6 rings (SSSR count). The molecule has 9 heteroatoms. The molecule has 2 aliphatic carbocycles. The molecule has 3 aromatic rings. The Bertz CT molecular complexity index is 1170. The molecule has 31 heavy (non-hydrogen) atoms. The van der Waals surface area contributed by atoms with Crippen molar-refractivity contribution in [2.45, 2.75) is 45.2 Å². The van der Waals surface area contributed by atoms with E-state index in [4.69, 9.17) is 4.98 Å². The molecule has 2 fully saturated rings. The van der Waals surface area contributed by atoms with Gasteiger partial charge in [-0.1, -0.05) is 0 Å². The molecule has 1 saturated heterocycles. The smallest absolute Gasteiger partial charge is 0.272 e. The summed E-state index contributed by atoms with van der Waals surface area (Å²) in [4.78, 5) is 33.0. The number of aromatic nitrogens is 6. The Kier molecular flexibility index (Phi) is 3.97. The fourth-order valence-corrected chi connectivity index (χ4v) is 4.81. The van der Waals surface area contributed by atoms with Crippen LogP contribution < -0.4 is 10.2 Å². The van der Waals surface area contributed by atoms with Crippen LogP contribution >= 0.6 is 0 Å². The highest BCUT2D eigenvalue weighted by molar-refractivity contribution is 5.92. The molecule has 3 aromatic heterocycles. The second-order valence-corrected chi connectivity index (χ2v) is 9.32. The normalized spacial score (nSPS) is 20.6. The molecule has 1 atom stereocenters. The van der Waals surface area contributed by atoms with Gasteiger partial charge in [0.05, 0.1) is 30.9 Å². The minimum absolute atomic E-state index is 0.0479. The Balaban J connectivity index is 1.11. The van der Waals surface area contributed by atoms with E-state index in [1.165, 1.54) is 18.5 Å². The number of amides is 1. The van der Waals surface area contributed by atoms with E-state index in [0.717, 1.165) is 48.8 Å². The first kappa shape index (κ1) is 18.5. The van der Waals surface area contributed by atoms with E-state index >= 15 is 0 Å². The minimum atomic E-state index is -0.169. The molecule has 1 saturated carbocycles. The number of imidazole rings is 2. The molecule has 9 nitrogen and oxygen atoms in total. The largest absolute Gasteiger partial charge is 0.342 e. The topological polar surface area (TPSA) is 93.8 Å². The van der Waals surface area contributed by atoms with Gasteiger partial charge in [0, 0.05) is 54.9 Å². The van der Waals surface area contributed by atoms with Gasteiger partial charge in [-0.15, -0.1) is 0 Å². The average molecular weight is 419 g/mol. The second-order valence-electron chi connectivity index (χ2n) is 9.32. The van der Waals surface area contributed by atoms with Crippen molar-refractivity contribution < 1.29 is 4.79 Å². The van der Waals surface area contributed by atoms with Gasteiger partial charge in [0.25, 0.3) is 5.91 Å². The molecule has 3 aliphatic rings. The quantitative estimate of drug-likeness (QED) is 0.679. The third-order valence-electron chi connectivity index (χ3n) is 6.98. The Morgan fingerprint density at radius 3 is 2.84 bits per heavy atom. The summed E-state index contributed by atoms with van der Waals surface area (Å²) in [5.74, 6) is 0.660. The first-order valence-corrected chi connectivity index (χ1v) is 10.9. The fraction of sp³-hybridized carbons (Fsp3) is 0.500. The van der Waals surface area contributed by atoms with Gasteiger partial charge in [-0.05, 0) is 32.6 Å². The van der Waals surface area contributed by atoms with E-state index in [-0.39, 0.29) is 11.9 Å². The van der Waals surface area contributed by atoms with E-state index in [0.29, 0.717) is 17.7 Å². The van der Waals surface area contributed by atoms with Crippen LogP contribution in [0, 0.1) is 12.3 Å². The lowest BCUT2D eigenvalue weighted by Gasteiger charge is -2.40. The second kappa shape index (κ2) is 6.63. The van der Waals surface area contributed by atoms with Gasteiger partial charge in [-0.3, -0.25) is 4.79 Å². The van der Waals surface area contributed by atoms with Crippen molar-refractivity contribution in [3.05, 3.63) is 53.4 Å². The highest BCUT2D eigenvalue weighted by atomic mass is 16.2. The van der Waals surface area contributed by atoms with Crippen LogP contribution in [0.2, 0.25) is 0 Å². The van der Waals surface area contributed by atoms with Crippen molar-refractivity contribution in [3.63, 3.8) is 0 Å². The van der Waals surface area contributed by atoms with Crippen molar-refractivity contribution in [2.24, 2.45) is 12.5 Å². The number of aryl methyl sites for hydroxylation is 2. The highest BCUT2D eigenvalue weighted by Gasteiger charge is 2.53. The van der Waals surface area contributed by atoms with Gasteiger partial charge in [0.15, 0.2) is 0 Å². The number of carbonyl (C=O) groups is 1. The predicted molar refractivity (Wildman–Crippen MR) is 114 cm³/mol. The number of fused-ring (bicyclic) bond motifs is 1. The SMILES string of the molecule is Cc1nc(N2CC3(CC3)C2)ncc1Cn1cnc(C(=O)N[C@@H]2CCc3c2ncn3C)c1. The molecule has 160 valence electrons. The summed E-state index contributed by atoms with van der Waals surface area (Å²) in [6.45, 7) is 4.78. The van der Waals surface area contributed by atoms with E-state index in [1.54, 1.807) is 18.9 Å². The maximum atomic E-state index is 12.7. The van der Waals surface area contributed by atoms with Crippen LogP contribution in [0.1, 0.15) is 58.4 Å². The molecule has 1 aliphatic heterocycles. The van der Waals surface area contributed by atoms with Crippen LogP contribution in [-0.2, 0) is 20.0 Å².